The van der Waals surface area contributed by atoms with Gasteiger partial charge in [-0.05, 0) is 271 Å². The Bertz CT molecular complexity index is 3390. The molecule has 0 saturated carbocycles. The highest BCUT2D eigenvalue weighted by Crippen LogP contribution is 2.56. The van der Waals surface area contributed by atoms with E-state index < -0.39 is 38.7 Å². The van der Waals surface area contributed by atoms with E-state index in [1.54, 1.807) is 38.1 Å². The highest BCUT2D eigenvalue weighted by molar-refractivity contribution is 7.91. The van der Waals surface area contributed by atoms with Crippen LogP contribution in [0.1, 0.15) is 147 Å². The number of benzene rings is 8. The second-order valence-corrected chi connectivity index (χ2v) is 24.1. The van der Waals surface area contributed by atoms with Crippen LogP contribution in [0.4, 0.5) is 26.3 Å². The van der Waals surface area contributed by atoms with Gasteiger partial charge in [0.1, 0.15) is 11.5 Å². The maximum absolute atomic E-state index is 14.0. The third kappa shape index (κ3) is 16.7. The summed E-state index contributed by atoms with van der Waals surface area (Å²) in [5.74, 6) is 1.80. The van der Waals surface area contributed by atoms with Crippen LogP contribution in [-0.2, 0) is 20.7 Å². The average molecular weight is 1160 g/mol. The summed E-state index contributed by atoms with van der Waals surface area (Å²) in [5.41, 5.74) is 13.8. The Morgan fingerprint density at radius 2 is 0.506 bits per heavy atom. The molecule has 0 heterocycles. The molecule has 0 fully saturated rings. The quantitative estimate of drug-likeness (QED) is 0.142. The standard InChI is InChI=1S/C19H18F6.C19H24.C16H18O2S.C16H18O.3CH4/c1-11-5-7-15(9-13(11)3)17(18(20,21)22,19(23,24)25)16-8-6-12(2)14(4)10-16;1-13-7-9-17(11-15(13)3)19(5,6)18-10-8-14(2)16(4)12-18;1-11-5-7-15(9-13(11)3)19(17,18)16-8-6-12(2)14(4)10-16;1-11-5-7-15(9-13(11)3)17-16-8-6-12(2)14(4)10-16;;;/h5-10H,1-4H3;7-12H,1-6H3;5-10H,1-4H3;5-10H,1-4H3;3*1H4. The minimum absolute atomic E-state index is 0. The maximum Gasteiger partial charge on any atom is 0.411 e. The lowest BCUT2D eigenvalue weighted by Gasteiger charge is -2.38. The predicted molar refractivity (Wildman–Crippen MR) is 338 cm³/mol. The Morgan fingerprint density at radius 1 is 0.289 bits per heavy atom. The van der Waals surface area contributed by atoms with Gasteiger partial charge in [0.2, 0.25) is 15.3 Å². The van der Waals surface area contributed by atoms with Gasteiger partial charge >= 0.3 is 12.4 Å². The molecule has 8 aromatic carbocycles. The van der Waals surface area contributed by atoms with Crippen molar-refractivity contribution >= 4 is 9.84 Å². The van der Waals surface area contributed by atoms with Gasteiger partial charge in [-0.2, -0.15) is 26.3 Å². The van der Waals surface area contributed by atoms with E-state index in [0.29, 0.717) is 32.0 Å². The van der Waals surface area contributed by atoms with Crippen molar-refractivity contribution in [1.29, 1.82) is 0 Å². The van der Waals surface area contributed by atoms with Gasteiger partial charge in [-0.25, -0.2) is 8.42 Å². The lowest BCUT2D eigenvalue weighted by Crippen LogP contribution is -2.54. The number of rotatable bonds is 8. The summed E-state index contributed by atoms with van der Waals surface area (Å²) in [6.07, 6.45) is -11.1. The van der Waals surface area contributed by atoms with Crippen molar-refractivity contribution < 1.29 is 39.5 Å². The van der Waals surface area contributed by atoms with Crippen molar-refractivity contribution in [1.82, 2.24) is 0 Å². The Labute approximate surface area is 495 Å². The van der Waals surface area contributed by atoms with Gasteiger partial charge in [0.25, 0.3) is 0 Å². The zero-order valence-electron chi connectivity index (χ0n) is 49.8. The van der Waals surface area contributed by atoms with E-state index in [2.05, 4.69) is 130 Å². The van der Waals surface area contributed by atoms with E-state index in [9.17, 15) is 34.8 Å². The van der Waals surface area contributed by atoms with Gasteiger partial charge in [-0.3, -0.25) is 0 Å². The summed E-state index contributed by atoms with van der Waals surface area (Å²) in [5, 5.41) is 0. The van der Waals surface area contributed by atoms with E-state index in [-0.39, 0.29) is 27.7 Å². The highest BCUT2D eigenvalue weighted by atomic mass is 32.2. The lowest BCUT2D eigenvalue weighted by atomic mass is 9.71. The fraction of sp³-hybridized carbons (Fsp3) is 0.342. The zero-order valence-corrected chi connectivity index (χ0v) is 50.6. The normalized spacial score (nSPS) is 11.4. The van der Waals surface area contributed by atoms with E-state index in [1.807, 2.05) is 52.0 Å². The zero-order chi connectivity index (χ0) is 60.0. The summed E-state index contributed by atoms with van der Waals surface area (Å²) in [6, 6.07) is 42.9. The van der Waals surface area contributed by atoms with Gasteiger partial charge in [-0.15, -0.1) is 0 Å². The van der Waals surface area contributed by atoms with E-state index in [1.165, 1.54) is 81.6 Å². The third-order valence-electron chi connectivity index (χ3n) is 16.0. The van der Waals surface area contributed by atoms with Crippen LogP contribution < -0.4 is 4.74 Å². The summed E-state index contributed by atoms with van der Waals surface area (Å²) >= 11 is 0. The maximum atomic E-state index is 14.0. The second-order valence-electron chi connectivity index (χ2n) is 22.2. The number of hydrogen-bond acceptors (Lipinski definition) is 3. The molecule has 0 N–H and O–H groups in total. The first kappa shape index (κ1) is 72.2. The third-order valence-corrected chi connectivity index (χ3v) is 17.7. The largest absolute Gasteiger partial charge is 0.457 e. The van der Waals surface area contributed by atoms with Gasteiger partial charge < -0.3 is 4.74 Å². The molecular weight excluding hydrogens is 1070 g/mol. The number of alkyl halides is 6. The molecule has 0 aliphatic carbocycles. The SMILES string of the molecule is C.C.C.Cc1ccc(C(C)(C)c2ccc(C)c(C)c2)cc1C.Cc1ccc(C(c2ccc(C)c(C)c2)(C(F)(F)F)C(F)(F)F)cc1C.Cc1ccc(Oc2ccc(C)c(C)c2)cc1C.Cc1ccc(S(=O)(=O)c2ccc(C)c(C)c2)cc1C. The molecule has 0 aliphatic rings. The van der Waals surface area contributed by atoms with Crippen LogP contribution in [0.25, 0.3) is 0 Å². The first-order valence-electron chi connectivity index (χ1n) is 26.7. The van der Waals surface area contributed by atoms with Crippen molar-refractivity contribution in [3.63, 3.8) is 0 Å². The molecule has 83 heavy (non-hydrogen) atoms. The van der Waals surface area contributed by atoms with Crippen LogP contribution in [0.5, 0.6) is 11.5 Å². The van der Waals surface area contributed by atoms with E-state index >= 15 is 0 Å². The average Bonchev–Trinajstić information content (AvgIpc) is 3.26. The smallest absolute Gasteiger partial charge is 0.411 e. The Hall–Kier alpha value is -6.91. The molecule has 0 amide bonds. The minimum Gasteiger partial charge on any atom is -0.457 e. The van der Waals surface area contributed by atoms with E-state index in [0.717, 1.165) is 58.0 Å². The van der Waals surface area contributed by atoms with Crippen LogP contribution in [-0.4, -0.2) is 20.8 Å². The predicted octanol–water partition coefficient (Wildman–Crippen LogP) is 22.0. The van der Waals surface area contributed by atoms with Crippen LogP contribution in [0, 0.1) is 111 Å². The highest BCUT2D eigenvalue weighted by Gasteiger charge is 2.72. The number of hydrogen-bond donors (Lipinski definition) is 0. The summed E-state index contributed by atoms with van der Waals surface area (Å²) < 4.78 is 115. The molecular formula is C73H90F6O3S. The first-order valence-corrected chi connectivity index (χ1v) is 28.2. The van der Waals surface area contributed by atoms with Gasteiger partial charge in [-0.1, -0.05) is 133 Å². The molecule has 0 bridgehead atoms. The summed E-state index contributed by atoms with van der Waals surface area (Å²) in [6.45, 7) is 35.8. The lowest BCUT2D eigenvalue weighted by molar-refractivity contribution is -0.288. The topological polar surface area (TPSA) is 43.4 Å². The molecule has 0 saturated heterocycles. The Kier molecular flexibility index (Phi) is 24.9. The van der Waals surface area contributed by atoms with Crippen molar-refractivity contribution in [2.24, 2.45) is 0 Å². The molecule has 448 valence electrons. The fourth-order valence-electron chi connectivity index (χ4n) is 8.95. The van der Waals surface area contributed by atoms with Crippen molar-refractivity contribution in [3.8, 4) is 11.5 Å². The molecule has 0 atom stereocenters. The number of sulfone groups is 1. The summed E-state index contributed by atoms with van der Waals surface area (Å²) in [7, 11) is -3.42. The van der Waals surface area contributed by atoms with Gasteiger partial charge in [0.15, 0.2) is 0 Å². The first-order chi connectivity index (χ1) is 37.0. The molecule has 0 aliphatic heterocycles. The second kappa shape index (κ2) is 28.6. The van der Waals surface area contributed by atoms with Gasteiger partial charge in [0, 0.05) is 5.41 Å². The molecule has 0 aromatic heterocycles. The van der Waals surface area contributed by atoms with Crippen molar-refractivity contribution in [2.45, 2.75) is 180 Å². The fourth-order valence-corrected chi connectivity index (χ4v) is 10.4. The molecule has 3 nitrogen and oxygen atoms in total. The molecule has 10 heteroatoms. The van der Waals surface area contributed by atoms with Crippen LogP contribution in [0.15, 0.2) is 155 Å². The molecule has 8 aromatic rings. The van der Waals surface area contributed by atoms with Crippen molar-refractivity contribution in [2.75, 3.05) is 0 Å². The number of halogens is 6. The summed E-state index contributed by atoms with van der Waals surface area (Å²) in [4.78, 5) is 0.720. The van der Waals surface area contributed by atoms with Crippen LogP contribution in [0.3, 0.4) is 0 Å². The molecule has 8 rings (SSSR count). The van der Waals surface area contributed by atoms with E-state index in [4.69, 9.17) is 4.74 Å². The molecule has 0 spiro atoms. The Morgan fingerprint density at radius 3 is 0.747 bits per heavy atom. The molecule has 0 unspecified atom stereocenters. The van der Waals surface area contributed by atoms with Gasteiger partial charge in [0.05, 0.1) is 9.79 Å². The monoisotopic (exact) mass is 1160 g/mol. The van der Waals surface area contributed by atoms with Crippen LogP contribution >= 0.6 is 0 Å². The minimum atomic E-state index is -5.55. The Balaban J connectivity index is 0.000000377. The number of ether oxygens (including phenoxy) is 1. The van der Waals surface area contributed by atoms with Crippen molar-refractivity contribution in [3.05, 3.63) is 257 Å². The molecule has 0 radical (unpaired) electrons. The van der Waals surface area contributed by atoms with Crippen LogP contribution in [0.2, 0.25) is 0 Å². The number of aryl methyl sites for hydroxylation is 16.